The normalized spacial score (nSPS) is 14.8. The minimum atomic E-state index is -0.763. The number of aliphatic hydroxyl groups is 3. The monoisotopic (exact) mass is 707 g/mol. The molecule has 6 rings (SSSR count). The van der Waals surface area contributed by atoms with Gasteiger partial charge < -0.3 is 30.4 Å². The molecule has 0 heterocycles. The molecule has 5 N–H and O–H groups in total. The molecule has 0 aliphatic heterocycles. The lowest BCUT2D eigenvalue weighted by Crippen LogP contribution is -2.26. The number of carbonyl (C=O) groups excluding carboxylic acids is 1. The number of hydrogen-bond donors (Lipinski definition) is 5. The average Bonchev–Trinajstić information content (AvgIpc) is 3.12. The van der Waals surface area contributed by atoms with Crippen molar-refractivity contribution < 1.29 is 30.3 Å². The third-order valence-corrected chi connectivity index (χ3v) is 9.18. The first-order valence-corrected chi connectivity index (χ1v) is 17.6. The quantitative estimate of drug-likeness (QED) is 0.0666. The molecule has 4 aromatic rings. The van der Waals surface area contributed by atoms with Crippen molar-refractivity contribution in [2.24, 2.45) is 0 Å². The summed E-state index contributed by atoms with van der Waals surface area (Å²) in [5.41, 5.74) is 6.03. The van der Waals surface area contributed by atoms with E-state index >= 15 is 0 Å². The van der Waals surface area contributed by atoms with Gasteiger partial charge in [0.05, 0.1) is 40.1 Å². The van der Waals surface area contributed by atoms with E-state index in [1.165, 1.54) is 24.3 Å². The van der Waals surface area contributed by atoms with Crippen LogP contribution in [-0.2, 0) is 4.79 Å². The largest absolute Gasteiger partial charge is 0.507 e. The van der Waals surface area contributed by atoms with Gasteiger partial charge in [-0.15, -0.1) is 0 Å². The summed E-state index contributed by atoms with van der Waals surface area (Å²) in [5.74, 6) is -3.08. The van der Waals surface area contributed by atoms with Crippen LogP contribution in [0.15, 0.2) is 149 Å². The molecule has 0 aromatic heterocycles. The molecule has 268 valence electrons. The van der Waals surface area contributed by atoms with Crippen LogP contribution in [0.2, 0.25) is 0 Å². The van der Waals surface area contributed by atoms with Crippen LogP contribution in [0.25, 0.3) is 5.57 Å². The van der Waals surface area contributed by atoms with Gasteiger partial charge in [-0.3, -0.25) is 4.79 Å². The lowest BCUT2D eigenvalue weighted by Gasteiger charge is -2.29. The van der Waals surface area contributed by atoms with Gasteiger partial charge in [0.15, 0.2) is 0 Å². The van der Waals surface area contributed by atoms with Crippen molar-refractivity contribution in [1.82, 2.24) is 4.58 Å². The zero-order valence-electron chi connectivity index (χ0n) is 30.4. The average molecular weight is 708 g/mol. The second-order valence-electron chi connectivity index (χ2n) is 13.2. The Balaban J connectivity index is 1.44. The lowest BCUT2D eigenvalue weighted by atomic mass is 9.78. The number of carbonyl (C=O) groups is 1. The number of aromatic hydroxyl groups is 2. The number of Topliss-reactive ketones (excluding diaryl/α,β-unsaturated/α-hetero) is 1. The molecular weight excluding hydrogens is 665 g/mol. The highest BCUT2D eigenvalue weighted by Crippen LogP contribution is 2.49. The first kappa shape index (κ1) is 36.3. The van der Waals surface area contributed by atoms with Crippen molar-refractivity contribution in [2.45, 2.75) is 47.5 Å². The Hall–Kier alpha value is -6.54. The third-order valence-electron chi connectivity index (χ3n) is 9.18. The van der Waals surface area contributed by atoms with Gasteiger partial charge in [-0.05, 0) is 51.8 Å². The van der Waals surface area contributed by atoms with Crippen LogP contribution in [0.4, 0.5) is 22.7 Å². The van der Waals surface area contributed by atoms with E-state index in [0.29, 0.717) is 11.4 Å². The summed E-state index contributed by atoms with van der Waals surface area (Å²) in [5, 5.41) is 56.6. The molecule has 8 nitrogen and oxygen atoms in total. The highest BCUT2D eigenvalue weighted by molar-refractivity contribution is 6.40. The maximum absolute atomic E-state index is 13.8. The zero-order chi connectivity index (χ0) is 38.0. The molecule has 4 aromatic carbocycles. The van der Waals surface area contributed by atoms with Gasteiger partial charge in [0.25, 0.3) is 0 Å². The topological polar surface area (TPSA) is 124 Å². The Morgan fingerprint density at radius 3 is 1.58 bits per heavy atom. The summed E-state index contributed by atoms with van der Waals surface area (Å²) in [7, 11) is 0. The van der Waals surface area contributed by atoms with E-state index in [4.69, 9.17) is 0 Å². The van der Waals surface area contributed by atoms with Crippen LogP contribution in [-0.4, -0.2) is 37.0 Å². The fraction of sp³-hybridized carbons (Fsp3) is 0.156. The first-order chi connectivity index (χ1) is 25.4. The first-order valence-electron chi connectivity index (χ1n) is 17.6. The minimum absolute atomic E-state index is 0.255. The Labute approximate surface area is 309 Å². The second-order valence-corrected chi connectivity index (χ2v) is 13.2. The number of phenols is 2. The van der Waals surface area contributed by atoms with Gasteiger partial charge in [-0.1, -0.05) is 79.1 Å². The van der Waals surface area contributed by atoms with Crippen molar-refractivity contribution in [3.8, 4) is 11.5 Å². The van der Waals surface area contributed by atoms with Crippen molar-refractivity contribution >= 4 is 39.8 Å². The van der Waals surface area contributed by atoms with Gasteiger partial charge in [0.2, 0.25) is 22.9 Å². The predicted octanol–water partition coefficient (Wildman–Crippen LogP) is 10.4. The summed E-state index contributed by atoms with van der Waals surface area (Å²) in [6.45, 7) is 10.00. The van der Waals surface area contributed by atoms with Crippen LogP contribution < -0.4 is 9.48 Å². The van der Waals surface area contributed by atoms with E-state index in [1.807, 2.05) is 135 Å². The van der Waals surface area contributed by atoms with Crippen LogP contribution in [0.3, 0.4) is 0 Å². The fourth-order valence-electron chi connectivity index (χ4n) is 6.49. The van der Waals surface area contributed by atoms with E-state index in [9.17, 15) is 30.3 Å². The molecule has 0 atom stereocenters. The van der Waals surface area contributed by atoms with E-state index in [-0.39, 0.29) is 22.3 Å². The number of phenolic OH excluding ortho intramolecular Hbond substituents is 2. The highest BCUT2D eigenvalue weighted by Gasteiger charge is 2.43. The molecule has 2 aliphatic carbocycles. The molecule has 0 saturated carbocycles. The number of hydrogen-bond acceptors (Lipinski definition) is 7. The molecule has 0 amide bonds. The second kappa shape index (κ2) is 15.0. The highest BCUT2D eigenvalue weighted by atomic mass is 16.3. The molecule has 0 spiro atoms. The molecule has 0 bridgehead atoms. The molecule has 0 radical (unpaired) electrons. The number of nitrogens with zero attached hydrogens (tertiary/aromatic N) is 2. The number of aliphatic hydroxyl groups excluding tert-OH is 3. The SMILES string of the molecule is CC/C=C\C(=C/CC)N(c1ccc(C)cc1)c1cc(O)c(C2=C(O)C(=C3C(O)=CC(=[N+](c4ccc(C)cc4)c4ccc(C)cc4)C=C3O)C2=O)c(O)c1. The minimum Gasteiger partial charge on any atom is -0.507 e. The van der Waals surface area contributed by atoms with Gasteiger partial charge in [-0.2, -0.15) is 4.58 Å². The Bertz CT molecular complexity index is 2220. The van der Waals surface area contributed by atoms with Crippen molar-refractivity contribution in [3.63, 3.8) is 0 Å². The van der Waals surface area contributed by atoms with Crippen LogP contribution in [0, 0.1) is 20.8 Å². The number of allylic oxidation sites excluding steroid dienone is 7. The van der Waals surface area contributed by atoms with Gasteiger partial charge in [-0.25, -0.2) is 0 Å². The number of rotatable bonds is 9. The molecule has 2 aliphatic rings. The van der Waals surface area contributed by atoms with Gasteiger partial charge >= 0.3 is 0 Å². The zero-order valence-corrected chi connectivity index (χ0v) is 30.4. The van der Waals surface area contributed by atoms with E-state index < -0.39 is 34.6 Å². The summed E-state index contributed by atoms with van der Waals surface area (Å²) in [6.07, 6.45) is 10.4. The summed E-state index contributed by atoms with van der Waals surface area (Å²) in [6, 6.07) is 26.2. The molecule has 53 heavy (non-hydrogen) atoms. The van der Waals surface area contributed by atoms with Crippen molar-refractivity contribution in [1.29, 1.82) is 0 Å². The summed E-state index contributed by atoms with van der Waals surface area (Å²) in [4.78, 5) is 15.6. The maximum Gasteiger partial charge on any atom is 0.219 e. The maximum atomic E-state index is 13.8. The van der Waals surface area contributed by atoms with Crippen molar-refractivity contribution in [3.05, 3.63) is 172 Å². The Morgan fingerprint density at radius 2 is 1.13 bits per heavy atom. The summed E-state index contributed by atoms with van der Waals surface area (Å²) >= 11 is 0. The number of aryl methyl sites for hydroxylation is 3. The molecule has 0 saturated heterocycles. The van der Waals surface area contributed by atoms with Gasteiger partial charge in [0.1, 0.15) is 28.8 Å². The standard InChI is InChI=1S/C45H42N2O6/c1-6-8-10-30(9-7-2)46(31-17-11-27(3)12-18-31)34-23-36(48)40(37(49)24-34)42-44(52)43(45(42)53)41-38(50)25-35(26-39(41)51)47(32-19-13-28(4)14-20-32)33-21-15-29(5)16-22-33/h8-26H,6-7H2,1-5H3,(H4,48,49,50,51,52,53)/p+1/b10-8-,30-9+. The predicted molar refractivity (Wildman–Crippen MR) is 213 cm³/mol. The molecule has 8 heteroatoms. The number of anilines is 2. The fourth-order valence-corrected chi connectivity index (χ4v) is 6.49. The molecular formula is C45H43N2O6+. The molecule has 0 unspecified atom stereocenters. The number of benzene rings is 4. The van der Waals surface area contributed by atoms with E-state index in [0.717, 1.165) is 52.3 Å². The van der Waals surface area contributed by atoms with Crippen LogP contribution >= 0.6 is 0 Å². The number of ketones is 1. The van der Waals surface area contributed by atoms with Crippen molar-refractivity contribution in [2.75, 3.05) is 4.90 Å². The third kappa shape index (κ3) is 7.04. The van der Waals surface area contributed by atoms with Crippen LogP contribution in [0.5, 0.6) is 11.5 Å². The van der Waals surface area contributed by atoms with E-state index in [1.54, 1.807) is 0 Å². The Kier molecular flexibility index (Phi) is 10.2. The Morgan fingerprint density at radius 1 is 0.642 bits per heavy atom. The van der Waals surface area contributed by atoms with E-state index in [2.05, 4.69) is 0 Å². The molecule has 0 fully saturated rings. The smallest absolute Gasteiger partial charge is 0.219 e. The van der Waals surface area contributed by atoms with Crippen LogP contribution in [0.1, 0.15) is 48.9 Å². The van der Waals surface area contributed by atoms with Gasteiger partial charge in [0, 0.05) is 47.8 Å². The summed E-state index contributed by atoms with van der Waals surface area (Å²) < 4.78 is 1.85. The lowest BCUT2D eigenvalue weighted by molar-refractivity contribution is -0.111.